The molecule has 0 aliphatic rings. The third-order valence-corrected chi connectivity index (χ3v) is 6.14. The van der Waals surface area contributed by atoms with E-state index < -0.39 is 11.5 Å². The Morgan fingerprint density at radius 2 is 1.74 bits per heavy atom. The van der Waals surface area contributed by atoms with E-state index in [2.05, 4.69) is 36.4 Å². The molecule has 8 nitrogen and oxygen atoms in total. The van der Waals surface area contributed by atoms with Crippen LogP contribution in [0.25, 0.3) is 27.9 Å². The van der Waals surface area contributed by atoms with Gasteiger partial charge in [-0.05, 0) is 47.4 Å². The Hall–Kier alpha value is -4.98. The van der Waals surface area contributed by atoms with Gasteiger partial charge in [-0.2, -0.15) is 10.2 Å². The molecule has 0 aliphatic carbocycles. The fourth-order valence-corrected chi connectivity index (χ4v) is 4.04. The quantitative estimate of drug-likeness (QED) is 0.174. The Morgan fingerprint density at radius 3 is 2.49 bits per heavy atom. The molecule has 1 N–H and O–H groups in total. The molecule has 0 radical (unpaired) electrons. The SMILES string of the molecule is CC(C)(C)c1ccc(OCC(=O)N/N=C/c2cn(-c3ccccc3)nc2-c2cc3ccccc3oc2=O)cc1. The number of carbonyl (C=O) groups excluding carboxylic acids is 1. The van der Waals surface area contributed by atoms with E-state index in [-0.39, 0.29) is 17.6 Å². The van der Waals surface area contributed by atoms with Gasteiger partial charge in [0, 0.05) is 17.1 Å². The smallest absolute Gasteiger partial charge is 0.345 e. The average molecular weight is 521 g/mol. The highest BCUT2D eigenvalue weighted by Gasteiger charge is 2.17. The maximum Gasteiger partial charge on any atom is 0.345 e. The number of amides is 1. The van der Waals surface area contributed by atoms with Gasteiger partial charge in [0.15, 0.2) is 6.61 Å². The van der Waals surface area contributed by atoms with Crippen LogP contribution in [-0.4, -0.2) is 28.5 Å². The zero-order valence-electron chi connectivity index (χ0n) is 21.9. The van der Waals surface area contributed by atoms with Crippen LogP contribution in [0.5, 0.6) is 5.75 Å². The molecule has 0 aliphatic heterocycles. The normalized spacial score (nSPS) is 11.7. The molecule has 0 saturated carbocycles. The van der Waals surface area contributed by atoms with Gasteiger partial charge in [-0.1, -0.05) is 69.3 Å². The number of hydrogen-bond donors (Lipinski definition) is 1. The lowest BCUT2D eigenvalue weighted by Crippen LogP contribution is -2.24. The molecule has 0 spiro atoms. The van der Waals surface area contributed by atoms with Crippen molar-refractivity contribution in [1.29, 1.82) is 0 Å². The van der Waals surface area contributed by atoms with E-state index in [9.17, 15) is 9.59 Å². The number of para-hydroxylation sites is 2. The first-order chi connectivity index (χ1) is 18.8. The molecule has 0 bridgehead atoms. The summed E-state index contributed by atoms with van der Waals surface area (Å²) in [5.41, 5.74) is 5.66. The molecule has 2 aromatic heterocycles. The van der Waals surface area contributed by atoms with Crippen LogP contribution in [-0.2, 0) is 10.2 Å². The molecule has 196 valence electrons. The maximum atomic E-state index is 12.9. The van der Waals surface area contributed by atoms with Gasteiger partial charge in [-0.25, -0.2) is 14.9 Å². The second kappa shape index (κ2) is 10.8. The summed E-state index contributed by atoms with van der Waals surface area (Å²) in [7, 11) is 0. The Labute approximate surface area is 225 Å². The monoisotopic (exact) mass is 520 g/mol. The van der Waals surface area contributed by atoms with E-state index in [0.717, 1.165) is 11.1 Å². The third kappa shape index (κ3) is 5.96. The molecule has 0 unspecified atom stereocenters. The van der Waals surface area contributed by atoms with Crippen molar-refractivity contribution in [3.8, 4) is 22.7 Å². The summed E-state index contributed by atoms with van der Waals surface area (Å²) < 4.78 is 12.8. The first-order valence-electron chi connectivity index (χ1n) is 12.5. The lowest BCUT2D eigenvalue weighted by atomic mass is 9.87. The van der Waals surface area contributed by atoms with Gasteiger partial charge in [-0.15, -0.1) is 0 Å². The maximum absolute atomic E-state index is 12.9. The predicted octanol–water partition coefficient (Wildman–Crippen LogP) is 5.47. The summed E-state index contributed by atoms with van der Waals surface area (Å²) >= 11 is 0. The highest BCUT2D eigenvalue weighted by Crippen LogP contribution is 2.25. The zero-order valence-corrected chi connectivity index (χ0v) is 21.9. The number of nitrogens with zero attached hydrogens (tertiary/aromatic N) is 3. The molecule has 39 heavy (non-hydrogen) atoms. The Balaban J connectivity index is 1.35. The minimum Gasteiger partial charge on any atom is -0.484 e. The molecule has 5 aromatic rings. The lowest BCUT2D eigenvalue weighted by molar-refractivity contribution is -0.123. The second-order valence-corrected chi connectivity index (χ2v) is 10.1. The van der Waals surface area contributed by atoms with Gasteiger partial charge in [-0.3, -0.25) is 4.79 Å². The number of rotatable bonds is 7. The predicted molar refractivity (Wildman–Crippen MR) is 151 cm³/mol. The first kappa shape index (κ1) is 25.7. The van der Waals surface area contributed by atoms with Crippen molar-refractivity contribution in [2.75, 3.05) is 6.61 Å². The fraction of sp³-hybridized carbons (Fsp3) is 0.161. The van der Waals surface area contributed by atoms with Crippen molar-refractivity contribution in [2.24, 2.45) is 5.10 Å². The van der Waals surface area contributed by atoms with Crippen molar-refractivity contribution >= 4 is 23.1 Å². The highest BCUT2D eigenvalue weighted by atomic mass is 16.5. The van der Waals surface area contributed by atoms with Crippen LogP contribution >= 0.6 is 0 Å². The summed E-state index contributed by atoms with van der Waals surface area (Å²) in [6.45, 7) is 6.21. The van der Waals surface area contributed by atoms with Crippen LogP contribution in [0.1, 0.15) is 31.9 Å². The first-order valence-corrected chi connectivity index (χ1v) is 12.5. The number of nitrogens with one attached hydrogen (secondary N) is 1. The molecule has 5 rings (SSSR count). The number of hydrazone groups is 1. The number of benzene rings is 3. The summed E-state index contributed by atoms with van der Waals surface area (Å²) in [6, 6.07) is 26.2. The van der Waals surface area contributed by atoms with E-state index in [1.807, 2.05) is 66.7 Å². The average Bonchev–Trinajstić information content (AvgIpc) is 3.35. The Kier molecular flexibility index (Phi) is 7.10. The number of aromatic nitrogens is 2. The van der Waals surface area contributed by atoms with Crippen LogP contribution < -0.4 is 15.8 Å². The van der Waals surface area contributed by atoms with Crippen molar-refractivity contribution in [2.45, 2.75) is 26.2 Å². The summed E-state index contributed by atoms with van der Waals surface area (Å²) in [5.74, 6) is 0.171. The van der Waals surface area contributed by atoms with E-state index in [4.69, 9.17) is 9.15 Å². The Morgan fingerprint density at radius 1 is 1.03 bits per heavy atom. The topological polar surface area (TPSA) is 98.7 Å². The van der Waals surface area contributed by atoms with E-state index in [1.54, 1.807) is 29.1 Å². The molecule has 0 saturated heterocycles. The fourth-order valence-electron chi connectivity index (χ4n) is 4.04. The van der Waals surface area contributed by atoms with Gasteiger partial charge in [0.25, 0.3) is 5.91 Å². The minimum atomic E-state index is -0.517. The molecule has 3 aromatic carbocycles. The standard InChI is InChI=1S/C31H28N4O4/c1-31(2,3)23-13-15-25(16-14-23)38-20-28(36)33-32-18-22-19-35(24-10-5-4-6-11-24)34-29(22)26-17-21-9-7-8-12-27(21)39-30(26)37/h4-19H,20H2,1-3H3,(H,33,36)/b32-18+. The van der Waals surface area contributed by atoms with Gasteiger partial charge < -0.3 is 9.15 Å². The van der Waals surface area contributed by atoms with Crippen molar-refractivity contribution in [1.82, 2.24) is 15.2 Å². The second-order valence-electron chi connectivity index (χ2n) is 10.1. The van der Waals surface area contributed by atoms with Gasteiger partial charge in [0.1, 0.15) is 17.0 Å². The number of ether oxygens (including phenoxy) is 1. The van der Waals surface area contributed by atoms with Gasteiger partial charge in [0.05, 0.1) is 17.5 Å². The number of fused-ring (bicyclic) bond motifs is 1. The molecule has 2 heterocycles. The van der Waals surface area contributed by atoms with E-state index in [0.29, 0.717) is 22.6 Å². The molecular formula is C31H28N4O4. The van der Waals surface area contributed by atoms with Gasteiger partial charge in [0.2, 0.25) is 0 Å². The number of carbonyl (C=O) groups is 1. The van der Waals surface area contributed by atoms with Crippen LogP contribution in [0.15, 0.2) is 105 Å². The van der Waals surface area contributed by atoms with Crippen LogP contribution in [0.2, 0.25) is 0 Å². The summed E-state index contributed by atoms with van der Waals surface area (Å²) in [4.78, 5) is 25.2. The lowest BCUT2D eigenvalue weighted by Gasteiger charge is -2.19. The van der Waals surface area contributed by atoms with Crippen LogP contribution in [0.3, 0.4) is 0 Å². The van der Waals surface area contributed by atoms with Crippen molar-refractivity contribution in [3.05, 3.63) is 113 Å². The summed E-state index contributed by atoms with van der Waals surface area (Å²) in [6.07, 6.45) is 3.19. The van der Waals surface area contributed by atoms with Crippen LogP contribution in [0.4, 0.5) is 0 Å². The van der Waals surface area contributed by atoms with E-state index >= 15 is 0 Å². The summed E-state index contributed by atoms with van der Waals surface area (Å²) in [5, 5.41) is 9.51. The molecule has 1 amide bonds. The molecule has 0 fully saturated rings. The Bertz CT molecular complexity index is 1700. The largest absolute Gasteiger partial charge is 0.484 e. The minimum absolute atomic E-state index is 0.0333. The highest BCUT2D eigenvalue weighted by molar-refractivity contribution is 5.91. The van der Waals surface area contributed by atoms with Crippen molar-refractivity contribution < 1.29 is 13.9 Å². The van der Waals surface area contributed by atoms with Gasteiger partial charge >= 0.3 is 5.63 Å². The van der Waals surface area contributed by atoms with E-state index in [1.165, 1.54) is 11.8 Å². The molecular weight excluding hydrogens is 492 g/mol. The molecule has 8 heteroatoms. The van der Waals surface area contributed by atoms with Crippen molar-refractivity contribution in [3.63, 3.8) is 0 Å². The zero-order chi connectivity index (χ0) is 27.4. The van der Waals surface area contributed by atoms with Crippen LogP contribution in [0, 0.1) is 0 Å². The molecule has 0 atom stereocenters. The number of hydrogen-bond acceptors (Lipinski definition) is 6. The third-order valence-electron chi connectivity index (χ3n) is 6.14.